The number of hydrogen-bond donors (Lipinski definition) is 0. The van der Waals surface area contributed by atoms with Gasteiger partial charge in [-0.3, -0.25) is 9.69 Å². The predicted octanol–water partition coefficient (Wildman–Crippen LogP) is 1.58. The Morgan fingerprint density at radius 2 is 1.86 bits per heavy atom. The molecule has 5 nitrogen and oxygen atoms in total. The highest BCUT2D eigenvalue weighted by atomic mass is 32.1. The minimum Gasteiger partial charge on any atom is -0.493 e. The van der Waals surface area contributed by atoms with Gasteiger partial charge in [-0.05, 0) is 42.4 Å². The molecule has 1 amide bonds. The zero-order chi connectivity index (χ0) is 15.1. The molecule has 2 heterocycles. The maximum absolute atomic E-state index is 12.4. The molecule has 0 saturated carbocycles. The van der Waals surface area contributed by atoms with Crippen LogP contribution in [0.1, 0.15) is 18.1 Å². The minimum atomic E-state index is -0.178. The molecule has 0 radical (unpaired) electrons. The number of hydrogen-bond acceptors (Lipinski definition) is 4. The van der Waals surface area contributed by atoms with Crippen molar-refractivity contribution >= 4 is 23.2 Å². The van der Waals surface area contributed by atoms with Gasteiger partial charge < -0.3 is 14.4 Å². The van der Waals surface area contributed by atoms with Crippen molar-refractivity contribution in [2.75, 3.05) is 20.8 Å². The summed E-state index contributed by atoms with van der Waals surface area (Å²) in [4.78, 5) is 16.1. The Morgan fingerprint density at radius 1 is 1.24 bits per heavy atom. The summed E-state index contributed by atoms with van der Waals surface area (Å²) in [6, 6.07) is 3.77. The van der Waals surface area contributed by atoms with E-state index in [1.807, 2.05) is 24.0 Å². The van der Waals surface area contributed by atoms with E-state index in [0.29, 0.717) is 36.1 Å². The molecular formula is C15H18N2O3S. The number of nitrogens with zero attached hydrogens (tertiary/aromatic N) is 2. The molecule has 1 saturated heterocycles. The zero-order valence-corrected chi connectivity index (χ0v) is 13.2. The quantitative estimate of drug-likeness (QED) is 0.793. The average Bonchev–Trinajstić information content (AvgIpc) is 2.74. The Morgan fingerprint density at radius 3 is 2.43 bits per heavy atom. The van der Waals surface area contributed by atoms with Crippen molar-refractivity contribution in [1.29, 1.82) is 0 Å². The van der Waals surface area contributed by atoms with Crippen LogP contribution in [0, 0.1) is 0 Å². The van der Waals surface area contributed by atoms with Crippen molar-refractivity contribution in [2.45, 2.75) is 25.9 Å². The third-order valence-electron chi connectivity index (χ3n) is 4.18. The molecule has 1 aromatic carbocycles. The van der Waals surface area contributed by atoms with Crippen molar-refractivity contribution in [3.8, 4) is 11.5 Å². The summed E-state index contributed by atoms with van der Waals surface area (Å²) in [7, 11) is 3.24. The minimum absolute atomic E-state index is 0.0999. The molecule has 0 N–H and O–H groups in total. The molecule has 0 aliphatic carbocycles. The van der Waals surface area contributed by atoms with Gasteiger partial charge in [-0.1, -0.05) is 0 Å². The van der Waals surface area contributed by atoms with Gasteiger partial charge >= 0.3 is 0 Å². The Kier molecular flexibility index (Phi) is 3.49. The molecular weight excluding hydrogens is 288 g/mol. The predicted molar refractivity (Wildman–Crippen MR) is 82.6 cm³/mol. The molecule has 3 rings (SSSR count). The lowest BCUT2D eigenvalue weighted by Crippen LogP contribution is -2.40. The fourth-order valence-corrected chi connectivity index (χ4v) is 3.47. The van der Waals surface area contributed by atoms with E-state index in [2.05, 4.69) is 0 Å². The fraction of sp³-hybridized carbons (Fsp3) is 0.467. The molecule has 0 unspecified atom stereocenters. The van der Waals surface area contributed by atoms with Crippen molar-refractivity contribution in [3.63, 3.8) is 0 Å². The van der Waals surface area contributed by atoms with E-state index < -0.39 is 0 Å². The van der Waals surface area contributed by atoms with E-state index in [4.69, 9.17) is 21.7 Å². The Labute approximate surface area is 129 Å². The number of rotatable bonds is 3. The molecule has 1 fully saturated rings. The molecule has 2 aliphatic rings. The van der Waals surface area contributed by atoms with Crippen LogP contribution in [0.4, 0.5) is 0 Å². The summed E-state index contributed by atoms with van der Waals surface area (Å²) in [5, 5.41) is 0.632. The van der Waals surface area contributed by atoms with E-state index in [1.54, 1.807) is 19.1 Å². The second-order valence-electron chi connectivity index (χ2n) is 5.19. The zero-order valence-electron chi connectivity index (χ0n) is 12.4. The number of fused-ring (bicyclic) bond motifs is 2. The number of amides is 1. The van der Waals surface area contributed by atoms with E-state index in [-0.39, 0.29) is 11.9 Å². The summed E-state index contributed by atoms with van der Waals surface area (Å²) in [5.74, 6) is 1.51. The number of carbonyl (C=O) groups excluding carboxylic acids is 1. The van der Waals surface area contributed by atoms with Gasteiger partial charge in [0.25, 0.3) is 5.91 Å². The van der Waals surface area contributed by atoms with E-state index in [1.165, 1.54) is 0 Å². The van der Waals surface area contributed by atoms with Crippen molar-refractivity contribution in [3.05, 3.63) is 23.3 Å². The lowest BCUT2D eigenvalue weighted by molar-refractivity contribution is -0.128. The van der Waals surface area contributed by atoms with Crippen molar-refractivity contribution in [2.24, 2.45) is 0 Å². The summed E-state index contributed by atoms with van der Waals surface area (Å²) in [5.41, 5.74) is 2.26. The van der Waals surface area contributed by atoms with E-state index >= 15 is 0 Å². The third kappa shape index (κ3) is 2.05. The average molecular weight is 306 g/mol. The molecule has 2 aliphatic heterocycles. The molecule has 6 heteroatoms. The summed E-state index contributed by atoms with van der Waals surface area (Å²) < 4.78 is 10.7. The molecule has 0 spiro atoms. The van der Waals surface area contributed by atoms with Crippen LogP contribution in [-0.2, 0) is 17.8 Å². The van der Waals surface area contributed by atoms with Crippen LogP contribution in [0.25, 0.3) is 0 Å². The Balaban J connectivity index is 2.00. The van der Waals surface area contributed by atoms with Gasteiger partial charge in [-0.15, -0.1) is 0 Å². The lowest BCUT2D eigenvalue weighted by atomic mass is 9.94. The first-order valence-electron chi connectivity index (χ1n) is 6.96. The lowest BCUT2D eigenvalue weighted by Gasteiger charge is -2.31. The van der Waals surface area contributed by atoms with Crippen LogP contribution < -0.4 is 9.47 Å². The van der Waals surface area contributed by atoms with Gasteiger partial charge in [-0.25, -0.2) is 0 Å². The summed E-state index contributed by atoms with van der Waals surface area (Å²) in [6.45, 7) is 3.21. The smallest absolute Gasteiger partial charge is 0.251 e. The van der Waals surface area contributed by atoms with E-state index in [0.717, 1.165) is 11.1 Å². The number of likely N-dealkylation sites (N-methyl/N-ethyl adjacent to an activating group) is 1. The first-order chi connectivity index (χ1) is 10.1. The molecule has 1 atom stereocenters. The van der Waals surface area contributed by atoms with Gasteiger partial charge in [-0.2, -0.15) is 0 Å². The van der Waals surface area contributed by atoms with Crippen LogP contribution in [0.3, 0.4) is 0 Å². The second kappa shape index (κ2) is 5.18. The number of thiocarbonyl (C=S) groups is 1. The third-order valence-corrected chi connectivity index (χ3v) is 4.63. The van der Waals surface area contributed by atoms with E-state index in [9.17, 15) is 4.79 Å². The molecule has 112 valence electrons. The molecule has 0 aromatic heterocycles. The maximum Gasteiger partial charge on any atom is 0.251 e. The van der Waals surface area contributed by atoms with Crippen LogP contribution in [0.2, 0.25) is 0 Å². The standard InChI is InChI=1S/C15H18N2O3S/c1-4-16-14(18)11-5-9-6-12(19-2)13(20-3)7-10(9)8-17(11)15(16)21/h6-7,11H,4-5,8H2,1-3H3/t11-/m0/s1. The first-order valence-corrected chi connectivity index (χ1v) is 7.37. The molecule has 0 bridgehead atoms. The van der Waals surface area contributed by atoms with Crippen LogP contribution in [0.5, 0.6) is 11.5 Å². The van der Waals surface area contributed by atoms with Crippen LogP contribution in [0.15, 0.2) is 12.1 Å². The molecule has 21 heavy (non-hydrogen) atoms. The summed E-state index contributed by atoms with van der Waals surface area (Å²) >= 11 is 5.43. The number of benzene rings is 1. The SMILES string of the molecule is CCN1C(=O)[C@@H]2Cc3cc(OC)c(OC)cc3CN2C1=S. The number of methoxy groups -OCH3 is 2. The Bertz CT molecular complexity index is 566. The number of ether oxygens (including phenoxy) is 2. The van der Waals surface area contributed by atoms with Crippen molar-refractivity contribution in [1.82, 2.24) is 9.80 Å². The topological polar surface area (TPSA) is 42.0 Å². The normalized spacial score (nSPS) is 20.4. The number of carbonyl (C=O) groups is 1. The highest BCUT2D eigenvalue weighted by Crippen LogP contribution is 2.36. The maximum atomic E-state index is 12.4. The molecule has 1 aromatic rings. The van der Waals surface area contributed by atoms with Crippen molar-refractivity contribution < 1.29 is 14.3 Å². The van der Waals surface area contributed by atoms with Gasteiger partial charge in [0.05, 0.1) is 14.2 Å². The van der Waals surface area contributed by atoms with Crippen LogP contribution in [-0.4, -0.2) is 47.6 Å². The first kappa shape index (κ1) is 14.1. The second-order valence-corrected chi connectivity index (χ2v) is 5.55. The van der Waals surface area contributed by atoms with Gasteiger partial charge in [0.1, 0.15) is 6.04 Å². The monoisotopic (exact) mass is 306 g/mol. The van der Waals surface area contributed by atoms with Gasteiger partial charge in [0.15, 0.2) is 16.6 Å². The summed E-state index contributed by atoms with van der Waals surface area (Å²) in [6.07, 6.45) is 0.658. The fourth-order valence-electron chi connectivity index (χ4n) is 3.05. The van der Waals surface area contributed by atoms with Gasteiger partial charge in [0.2, 0.25) is 0 Å². The van der Waals surface area contributed by atoms with Crippen LogP contribution >= 0.6 is 12.2 Å². The highest BCUT2D eigenvalue weighted by Gasteiger charge is 2.44. The largest absolute Gasteiger partial charge is 0.493 e. The highest BCUT2D eigenvalue weighted by molar-refractivity contribution is 7.80. The van der Waals surface area contributed by atoms with Gasteiger partial charge in [0, 0.05) is 19.5 Å². The Hall–Kier alpha value is -1.82.